The molecule has 10 nitrogen and oxygen atoms in total. The van der Waals surface area contributed by atoms with E-state index in [1.165, 1.54) is 16.6 Å². The molecule has 0 saturated carbocycles. The number of thioether (sulfide) groups is 1. The number of hydrogen-bond donors (Lipinski definition) is 2. The number of tetrazole rings is 1. The van der Waals surface area contributed by atoms with Crippen molar-refractivity contribution in [3.05, 3.63) is 59.7 Å². The number of nitrogens with one attached hydrogen (secondary N) is 1. The average Bonchev–Trinajstić information content (AvgIpc) is 3.30. The van der Waals surface area contributed by atoms with Crippen molar-refractivity contribution in [2.24, 2.45) is 5.41 Å². The Kier molecular flexibility index (Phi) is 8.81. The number of aliphatic carboxylic acids is 1. The molecule has 1 amide bonds. The second kappa shape index (κ2) is 11.8. The number of ether oxygens (including phenoxy) is 1. The number of aromatic nitrogens is 4. The van der Waals surface area contributed by atoms with Crippen molar-refractivity contribution in [1.29, 1.82) is 0 Å². The number of carboxylic acid groups (broad SMARTS) is 1. The molecule has 0 aliphatic carbocycles. The molecule has 0 bridgehead atoms. The topological polar surface area (TPSA) is 136 Å². The number of hydrogen-bond acceptors (Lipinski definition) is 8. The Morgan fingerprint density at radius 1 is 1.08 bits per heavy atom. The summed E-state index contributed by atoms with van der Waals surface area (Å²) < 4.78 is 5.37. The van der Waals surface area contributed by atoms with Gasteiger partial charge in [-0.15, -0.1) is 10.2 Å². The normalized spacial score (nSPS) is 12.1. The Morgan fingerprint density at radius 2 is 1.75 bits per heavy atom. The molecule has 0 fully saturated rings. The van der Waals surface area contributed by atoms with Crippen LogP contribution in [0.4, 0.5) is 0 Å². The molecule has 0 spiro atoms. The van der Waals surface area contributed by atoms with Crippen molar-refractivity contribution < 1.29 is 24.2 Å². The van der Waals surface area contributed by atoms with Gasteiger partial charge in [0, 0.05) is 11.1 Å². The van der Waals surface area contributed by atoms with Gasteiger partial charge in [-0.2, -0.15) is 16.6 Å². The minimum atomic E-state index is -1.05. The van der Waals surface area contributed by atoms with Crippen LogP contribution < -0.4 is 10.1 Å². The molecule has 0 radical (unpaired) electrons. The molecule has 3 rings (SSSR count). The van der Waals surface area contributed by atoms with Crippen LogP contribution in [0.2, 0.25) is 0 Å². The van der Waals surface area contributed by atoms with E-state index in [1.807, 2.05) is 6.26 Å². The highest BCUT2D eigenvalue weighted by atomic mass is 32.2. The van der Waals surface area contributed by atoms with E-state index in [0.717, 1.165) is 11.1 Å². The third-order valence-electron chi connectivity index (χ3n) is 5.14. The van der Waals surface area contributed by atoms with Crippen molar-refractivity contribution >= 4 is 29.6 Å². The van der Waals surface area contributed by atoms with Crippen molar-refractivity contribution in [2.45, 2.75) is 39.8 Å². The minimum absolute atomic E-state index is 0.319. The number of esters is 1. The van der Waals surface area contributed by atoms with Crippen LogP contribution in [0.15, 0.2) is 48.5 Å². The van der Waals surface area contributed by atoms with E-state index in [-0.39, 0.29) is 5.97 Å². The number of carbonyl (C=O) groups is 3. The van der Waals surface area contributed by atoms with Gasteiger partial charge in [0.15, 0.2) is 0 Å². The first-order chi connectivity index (χ1) is 17.1. The highest BCUT2D eigenvalue weighted by Gasteiger charge is 2.24. The highest BCUT2D eigenvalue weighted by Crippen LogP contribution is 2.22. The fourth-order valence-electron chi connectivity index (χ4n) is 3.02. The quantitative estimate of drug-likeness (QED) is 0.310. The Balaban J connectivity index is 1.60. The highest BCUT2D eigenvalue weighted by molar-refractivity contribution is 7.98. The Hall–Kier alpha value is -3.73. The van der Waals surface area contributed by atoms with E-state index in [4.69, 9.17) is 4.74 Å². The van der Waals surface area contributed by atoms with Crippen LogP contribution in [0.3, 0.4) is 0 Å². The molecule has 0 aliphatic rings. The molecule has 2 aromatic carbocycles. The van der Waals surface area contributed by atoms with E-state index < -0.39 is 23.3 Å². The number of benzene rings is 2. The Labute approximate surface area is 213 Å². The minimum Gasteiger partial charge on any atom is -0.480 e. The smallest absolute Gasteiger partial charge is 0.326 e. The van der Waals surface area contributed by atoms with Crippen LogP contribution in [0.25, 0.3) is 11.4 Å². The first kappa shape index (κ1) is 26.9. The molecule has 0 aliphatic heterocycles. The van der Waals surface area contributed by atoms with Gasteiger partial charge in [-0.05, 0) is 86.4 Å². The number of carboxylic acids is 1. The number of carbonyl (C=O) groups excluding carboxylic acids is 2. The van der Waals surface area contributed by atoms with Gasteiger partial charge in [-0.1, -0.05) is 12.1 Å². The lowest BCUT2D eigenvalue weighted by Gasteiger charge is -2.16. The summed E-state index contributed by atoms with van der Waals surface area (Å²) in [7, 11) is 0. The van der Waals surface area contributed by atoms with E-state index in [9.17, 15) is 19.5 Å². The van der Waals surface area contributed by atoms with Crippen LogP contribution in [-0.4, -0.2) is 61.2 Å². The molecule has 190 valence electrons. The predicted octanol–water partition coefficient (Wildman–Crippen LogP) is 3.28. The van der Waals surface area contributed by atoms with Crippen LogP contribution >= 0.6 is 11.8 Å². The van der Waals surface area contributed by atoms with Gasteiger partial charge in [-0.25, -0.2) is 4.79 Å². The molecule has 0 saturated heterocycles. The summed E-state index contributed by atoms with van der Waals surface area (Å²) in [6, 6.07) is 12.7. The van der Waals surface area contributed by atoms with Crippen molar-refractivity contribution in [3.63, 3.8) is 0 Å². The third-order valence-corrected chi connectivity index (χ3v) is 5.79. The summed E-state index contributed by atoms with van der Waals surface area (Å²) in [5, 5.41) is 24.4. The van der Waals surface area contributed by atoms with Gasteiger partial charge >= 0.3 is 11.9 Å². The lowest BCUT2D eigenvalue weighted by molar-refractivity contribution is -0.143. The van der Waals surface area contributed by atoms with Crippen LogP contribution in [0.1, 0.15) is 43.1 Å². The fraction of sp³-hybridized carbons (Fsp3) is 0.360. The zero-order valence-corrected chi connectivity index (χ0v) is 21.4. The molecule has 0 unspecified atom stereocenters. The standard InChI is InChI=1S/C25H29N5O5S/c1-25(2,3)24(34)35-19-11-9-17(10-12-19)21-27-29-30(28-21)15-16-5-7-18(8-6-16)22(31)26-20(23(32)33)13-14-36-4/h5-12,20H,13-15H2,1-4H3,(H,26,31)(H,32,33)/t20-/m0/s1. The predicted molar refractivity (Wildman–Crippen MR) is 136 cm³/mol. The molecule has 2 N–H and O–H groups in total. The summed E-state index contributed by atoms with van der Waals surface area (Å²) in [4.78, 5) is 37.3. The van der Waals surface area contributed by atoms with Crippen LogP contribution in [0, 0.1) is 5.41 Å². The van der Waals surface area contributed by atoms with Crippen molar-refractivity contribution in [3.8, 4) is 17.1 Å². The molecule has 1 atom stereocenters. The van der Waals surface area contributed by atoms with Gasteiger partial charge in [0.25, 0.3) is 5.91 Å². The SMILES string of the molecule is CSCC[C@H](NC(=O)c1ccc(Cn2nnc(-c3ccc(OC(=O)C(C)(C)C)cc3)n2)cc1)C(=O)O. The molecule has 36 heavy (non-hydrogen) atoms. The number of nitrogens with zero attached hydrogens (tertiary/aromatic N) is 4. The van der Waals surface area contributed by atoms with Gasteiger partial charge < -0.3 is 15.2 Å². The second-order valence-electron chi connectivity index (χ2n) is 9.15. The summed E-state index contributed by atoms with van der Waals surface area (Å²) in [5.74, 6) is -0.313. The summed E-state index contributed by atoms with van der Waals surface area (Å²) in [5.41, 5.74) is 1.34. The maximum atomic E-state index is 12.4. The van der Waals surface area contributed by atoms with E-state index in [2.05, 4.69) is 20.7 Å². The monoisotopic (exact) mass is 511 g/mol. The number of rotatable bonds is 10. The Morgan fingerprint density at radius 3 is 2.33 bits per heavy atom. The summed E-state index contributed by atoms with van der Waals surface area (Å²) in [6.07, 6.45) is 2.24. The first-order valence-electron chi connectivity index (χ1n) is 11.3. The van der Waals surface area contributed by atoms with Crippen molar-refractivity contribution in [1.82, 2.24) is 25.5 Å². The summed E-state index contributed by atoms with van der Waals surface area (Å²) in [6.45, 7) is 5.70. The second-order valence-corrected chi connectivity index (χ2v) is 10.1. The maximum Gasteiger partial charge on any atom is 0.326 e. The molecular formula is C25H29N5O5S. The molecular weight excluding hydrogens is 482 g/mol. The van der Waals surface area contributed by atoms with E-state index >= 15 is 0 Å². The van der Waals surface area contributed by atoms with Gasteiger partial charge in [0.1, 0.15) is 11.8 Å². The first-order valence-corrected chi connectivity index (χ1v) is 12.7. The zero-order chi connectivity index (χ0) is 26.3. The van der Waals surface area contributed by atoms with Gasteiger partial charge in [-0.3, -0.25) is 9.59 Å². The summed E-state index contributed by atoms with van der Waals surface area (Å²) >= 11 is 1.52. The van der Waals surface area contributed by atoms with E-state index in [1.54, 1.807) is 69.3 Å². The molecule has 1 heterocycles. The largest absolute Gasteiger partial charge is 0.480 e. The molecule has 3 aromatic rings. The zero-order valence-electron chi connectivity index (χ0n) is 20.6. The fourth-order valence-corrected chi connectivity index (χ4v) is 3.49. The molecule has 11 heteroatoms. The lowest BCUT2D eigenvalue weighted by atomic mass is 9.97. The van der Waals surface area contributed by atoms with Crippen LogP contribution in [0.5, 0.6) is 5.75 Å². The average molecular weight is 512 g/mol. The van der Waals surface area contributed by atoms with Crippen LogP contribution in [-0.2, 0) is 16.1 Å². The van der Waals surface area contributed by atoms with E-state index in [0.29, 0.717) is 35.9 Å². The van der Waals surface area contributed by atoms with Crippen molar-refractivity contribution in [2.75, 3.05) is 12.0 Å². The third kappa shape index (κ3) is 7.38. The lowest BCUT2D eigenvalue weighted by Crippen LogP contribution is -2.41. The number of amides is 1. The maximum absolute atomic E-state index is 12.4. The van der Waals surface area contributed by atoms with Gasteiger partial charge in [0.05, 0.1) is 12.0 Å². The molecule has 1 aromatic heterocycles. The van der Waals surface area contributed by atoms with Gasteiger partial charge in [0.2, 0.25) is 5.82 Å². The Bertz CT molecular complexity index is 1200.